The average Bonchev–Trinajstić information content (AvgIpc) is 2.80. The molecule has 0 atom stereocenters. The zero-order chi connectivity index (χ0) is 21.8. The van der Waals surface area contributed by atoms with Crippen molar-refractivity contribution in [3.63, 3.8) is 0 Å². The first-order valence-electron chi connectivity index (χ1n) is 10.4. The first-order chi connectivity index (χ1) is 15.0. The molecule has 0 aromatic heterocycles. The van der Waals surface area contributed by atoms with Gasteiger partial charge in [-0.1, -0.05) is 24.3 Å². The molecular weight excluding hydrogens is 390 g/mol. The third kappa shape index (κ3) is 4.81. The maximum atomic E-state index is 12.8. The maximum absolute atomic E-state index is 12.8. The Kier molecular flexibility index (Phi) is 6.09. The number of amides is 1. The fourth-order valence-electron chi connectivity index (χ4n) is 3.73. The minimum atomic E-state index is -0.160. The molecule has 0 saturated carbocycles. The molecule has 6 nitrogen and oxygen atoms in total. The molecular formula is C25H27N3O3. The van der Waals surface area contributed by atoms with Crippen molar-refractivity contribution in [2.45, 2.75) is 0 Å². The van der Waals surface area contributed by atoms with Crippen LogP contribution in [0.5, 0.6) is 11.5 Å². The number of anilines is 2. The standard InChI is InChI=1S/C25H27N3O3/c1-27-13-15-28(16-14-27)23-17-21(9-12-24(23)31-2)26-25(30)20-5-3-18(4-6-20)19-7-10-22(29)11-8-19/h3-12,17,29H,13-16H2,1-2H3,(H,26,30). The predicted octanol–water partition coefficient (Wildman–Crippen LogP) is 4.07. The van der Waals surface area contributed by atoms with Crippen LogP contribution in [0.3, 0.4) is 0 Å². The number of carbonyl (C=O) groups excluding carboxylic acids is 1. The number of carbonyl (C=O) groups is 1. The largest absolute Gasteiger partial charge is 0.508 e. The number of rotatable bonds is 5. The number of aromatic hydroxyl groups is 1. The van der Waals surface area contributed by atoms with Gasteiger partial charge in [-0.15, -0.1) is 0 Å². The van der Waals surface area contributed by atoms with Crippen LogP contribution >= 0.6 is 0 Å². The molecule has 0 unspecified atom stereocenters. The number of phenolic OH excluding ortho intramolecular Hbond substituents is 1. The van der Waals surface area contributed by atoms with E-state index < -0.39 is 0 Å². The molecule has 1 aliphatic rings. The Hall–Kier alpha value is -3.51. The van der Waals surface area contributed by atoms with Gasteiger partial charge in [-0.2, -0.15) is 0 Å². The molecule has 160 valence electrons. The number of benzene rings is 3. The number of hydrogen-bond donors (Lipinski definition) is 2. The lowest BCUT2D eigenvalue weighted by Crippen LogP contribution is -2.44. The highest BCUT2D eigenvalue weighted by Crippen LogP contribution is 2.32. The van der Waals surface area contributed by atoms with E-state index >= 15 is 0 Å². The van der Waals surface area contributed by atoms with E-state index in [1.54, 1.807) is 19.2 Å². The fraction of sp³-hybridized carbons (Fsp3) is 0.240. The molecule has 6 heteroatoms. The average molecular weight is 418 g/mol. The Balaban J connectivity index is 1.49. The van der Waals surface area contributed by atoms with Crippen LogP contribution < -0.4 is 15.0 Å². The third-order valence-electron chi connectivity index (χ3n) is 5.63. The molecule has 1 fully saturated rings. The monoisotopic (exact) mass is 417 g/mol. The number of ether oxygens (including phenoxy) is 1. The van der Waals surface area contributed by atoms with Crippen LogP contribution in [0.1, 0.15) is 10.4 Å². The molecule has 2 N–H and O–H groups in total. The highest BCUT2D eigenvalue weighted by molar-refractivity contribution is 6.04. The Morgan fingerprint density at radius 2 is 1.52 bits per heavy atom. The van der Waals surface area contributed by atoms with E-state index in [0.29, 0.717) is 5.56 Å². The van der Waals surface area contributed by atoms with E-state index in [2.05, 4.69) is 22.2 Å². The molecule has 1 heterocycles. The Labute approximate surface area is 182 Å². The molecule has 31 heavy (non-hydrogen) atoms. The maximum Gasteiger partial charge on any atom is 0.255 e. The Morgan fingerprint density at radius 1 is 0.903 bits per heavy atom. The summed E-state index contributed by atoms with van der Waals surface area (Å²) in [4.78, 5) is 17.4. The molecule has 0 bridgehead atoms. The summed E-state index contributed by atoms with van der Waals surface area (Å²) in [6.45, 7) is 3.83. The first kappa shape index (κ1) is 20.8. The van der Waals surface area contributed by atoms with Crippen LogP contribution in [0.2, 0.25) is 0 Å². The number of piperazine rings is 1. The number of hydrogen-bond acceptors (Lipinski definition) is 5. The zero-order valence-corrected chi connectivity index (χ0v) is 17.8. The van der Waals surface area contributed by atoms with E-state index in [-0.39, 0.29) is 11.7 Å². The second kappa shape index (κ2) is 9.10. The molecule has 0 spiro atoms. The van der Waals surface area contributed by atoms with Gasteiger partial charge < -0.3 is 25.0 Å². The highest BCUT2D eigenvalue weighted by atomic mass is 16.5. The number of likely N-dealkylation sites (N-methyl/N-ethyl adjacent to an activating group) is 1. The first-order valence-corrected chi connectivity index (χ1v) is 10.4. The number of nitrogens with one attached hydrogen (secondary N) is 1. The van der Waals surface area contributed by atoms with Gasteiger partial charge in [-0.05, 0) is 60.6 Å². The number of phenols is 1. The lowest BCUT2D eigenvalue weighted by Gasteiger charge is -2.34. The van der Waals surface area contributed by atoms with Gasteiger partial charge in [-0.25, -0.2) is 0 Å². The normalized spacial score (nSPS) is 14.3. The van der Waals surface area contributed by atoms with E-state index in [1.807, 2.05) is 54.6 Å². The Morgan fingerprint density at radius 3 is 2.13 bits per heavy atom. The van der Waals surface area contributed by atoms with Crippen LogP contribution in [-0.4, -0.2) is 56.3 Å². The van der Waals surface area contributed by atoms with Crippen molar-refractivity contribution in [2.24, 2.45) is 0 Å². The summed E-state index contributed by atoms with van der Waals surface area (Å²) in [7, 11) is 3.79. The van der Waals surface area contributed by atoms with Gasteiger partial charge in [0.25, 0.3) is 5.91 Å². The lowest BCUT2D eigenvalue weighted by molar-refractivity contribution is 0.102. The molecule has 0 aliphatic carbocycles. The number of nitrogens with zero attached hydrogens (tertiary/aromatic N) is 2. The van der Waals surface area contributed by atoms with Crippen molar-refractivity contribution in [1.29, 1.82) is 0 Å². The summed E-state index contributed by atoms with van der Waals surface area (Å²) in [5.41, 5.74) is 4.29. The summed E-state index contributed by atoms with van der Waals surface area (Å²) >= 11 is 0. The highest BCUT2D eigenvalue weighted by Gasteiger charge is 2.18. The second-order valence-electron chi connectivity index (χ2n) is 7.76. The lowest BCUT2D eigenvalue weighted by atomic mass is 10.0. The SMILES string of the molecule is COc1ccc(NC(=O)c2ccc(-c3ccc(O)cc3)cc2)cc1N1CCN(C)CC1. The summed E-state index contributed by atoms with van der Waals surface area (Å²) < 4.78 is 5.55. The van der Waals surface area contributed by atoms with Crippen molar-refractivity contribution in [3.8, 4) is 22.6 Å². The molecule has 0 radical (unpaired) electrons. The predicted molar refractivity (Wildman–Crippen MR) is 124 cm³/mol. The van der Waals surface area contributed by atoms with Gasteiger partial charge in [-0.3, -0.25) is 4.79 Å². The van der Waals surface area contributed by atoms with Gasteiger partial charge in [0.15, 0.2) is 0 Å². The molecule has 4 rings (SSSR count). The van der Waals surface area contributed by atoms with Gasteiger partial charge in [0.1, 0.15) is 11.5 Å². The summed E-state index contributed by atoms with van der Waals surface area (Å²) in [5, 5.41) is 12.4. The Bertz CT molecular complexity index is 1040. The van der Waals surface area contributed by atoms with E-state index in [0.717, 1.165) is 54.4 Å². The third-order valence-corrected chi connectivity index (χ3v) is 5.63. The number of methoxy groups -OCH3 is 1. The summed E-state index contributed by atoms with van der Waals surface area (Å²) in [5.74, 6) is 0.878. The van der Waals surface area contributed by atoms with E-state index in [4.69, 9.17) is 4.74 Å². The topological polar surface area (TPSA) is 65.0 Å². The molecule has 1 saturated heterocycles. The summed E-state index contributed by atoms with van der Waals surface area (Å²) in [6.07, 6.45) is 0. The van der Waals surface area contributed by atoms with Crippen molar-refractivity contribution in [2.75, 3.05) is 50.6 Å². The van der Waals surface area contributed by atoms with Crippen LogP contribution in [0, 0.1) is 0 Å². The van der Waals surface area contributed by atoms with Crippen molar-refractivity contribution >= 4 is 17.3 Å². The van der Waals surface area contributed by atoms with Crippen molar-refractivity contribution < 1.29 is 14.6 Å². The molecule has 3 aromatic rings. The van der Waals surface area contributed by atoms with Gasteiger partial charge >= 0.3 is 0 Å². The molecule has 1 amide bonds. The second-order valence-corrected chi connectivity index (χ2v) is 7.76. The van der Waals surface area contributed by atoms with Gasteiger partial charge in [0.2, 0.25) is 0 Å². The van der Waals surface area contributed by atoms with E-state index in [9.17, 15) is 9.90 Å². The fourth-order valence-corrected chi connectivity index (χ4v) is 3.73. The smallest absolute Gasteiger partial charge is 0.255 e. The van der Waals surface area contributed by atoms with Crippen molar-refractivity contribution in [1.82, 2.24) is 4.90 Å². The van der Waals surface area contributed by atoms with Crippen LogP contribution in [-0.2, 0) is 0 Å². The molecule has 3 aromatic carbocycles. The van der Waals surface area contributed by atoms with Gasteiger partial charge in [0, 0.05) is 37.4 Å². The van der Waals surface area contributed by atoms with Crippen molar-refractivity contribution in [3.05, 3.63) is 72.3 Å². The minimum Gasteiger partial charge on any atom is -0.508 e. The summed E-state index contributed by atoms with van der Waals surface area (Å²) in [6, 6.07) is 20.2. The van der Waals surface area contributed by atoms with E-state index in [1.165, 1.54) is 0 Å². The van der Waals surface area contributed by atoms with Crippen LogP contribution in [0.15, 0.2) is 66.7 Å². The minimum absolute atomic E-state index is 0.160. The van der Waals surface area contributed by atoms with Crippen LogP contribution in [0.25, 0.3) is 11.1 Å². The zero-order valence-electron chi connectivity index (χ0n) is 17.8. The quantitative estimate of drug-likeness (QED) is 0.655. The van der Waals surface area contributed by atoms with Crippen LogP contribution in [0.4, 0.5) is 11.4 Å². The van der Waals surface area contributed by atoms with Gasteiger partial charge in [0.05, 0.1) is 12.8 Å². The molecule has 1 aliphatic heterocycles.